The Kier molecular flexibility index (Phi) is 4.87. The largest absolute Gasteiger partial charge is 0.457 e. The van der Waals surface area contributed by atoms with Gasteiger partial charge in [0.15, 0.2) is 5.41 Å². The minimum atomic E-state index is -2.05. The van der Waals surface area contributed by atoms with E-state index in [2.05, 4.69) is 5.32 Å². The van der Waals surface area contributed by atoms with Crippen molar-refractivity contribution in [3.63, 3.8) is 0 Å². The minimum Gasteiger partial charge on any atom is -0.457 e. The Balaban J connectivity index is 1.89. The fourth-order valence-electron chi connectivity index (χ4n) is 3.97. The molecule has 2 aliphatic heterocycles. The van der Waals surface area contributed by atoms with E-state index in [-0.39, 0.29) is 46.3 Å². The summed E-state index contributed by atoms with van der Waals surface area (Å²) >= 11 is 0. The fourth-order valence-corrected chi connectivity index (χ4v) is 3.97. The van der Waals surface area contributed by atoms with Gasteiger partial charge in [-0.1, -0.05) is 30.3 Å². The Labute approximate surface area is 181 Å². The summed E-state index contributed by atoms with van der Waals surface area (Å²) in [5.41, 5.74) is 3.88. The average Bonchev–Trinajstić information content (AvgIpc) is 3.04. The normalized spacial score (nSPS) is 19.2. The van der Waals surface area contributed by atoms with Gasteiger partial charge in [0.25, 0.3) is 5.69 Å². The Morgan fingerprint density at radius 3 is 2.69 bits per heavy atom. The van der Waals surface area contributed by atoms with Crippen LogP contribution in [0.5, 0.6) is 0 Å². The zero-order valence-corrected chi connectivity index (χ0v) is 16.7. The second-order valence-electron chi connectivity index (χ2n) is 7.14. The van der Waals surface area contributed by atoms with Gasteiger partial charge in [-0.2, -0.15) is 5.26 Å². The van der Waals surface area contributed by atoms with Gasteiger partial charge >= 0.3 is 5.97 Å². The number of nitro benzene ring substituents is 1. The van der Waals surface area contributed by atoms with Crippen molar-refractivity contribution < 1.29 is 24.0 Å². The maximum absolute atomic E-state index is 13.3. The van der Waals surface area contributed by atoms with Crippen LogP contribution in [0.3, 0.4) is 0 Å². The molecule has 0 radical (unpaired) electrons. The first-order chi connectivity index (χ1) is 15.3. The average molecular weight is 432 g/mol. The SMILES string of the molecule is CC1=C(C(=O)OCc2ccccc2)C2(C(=O)Nc3ccc([N+](=O)[O-])cc32)C(C#N)=C(N)O1. The number of ether oxygens (including phenoxy) is 2. The number of nitrogens with zero attached hydrogens (tertiary/aromatic N) is 2. The van der Waals surface area contributed by atoms with E-state index in [0.717, 1.165) is 6.07 Å². The molecule has 10 heteroatoms. The highest BCUT2D eigenvalue weighted by atomic mass is 16.6. The molecule has 0 saturated carbocycles. The summed E-state index contributed by atoms with van der Waals surface area (Å²) in [6, 6.07) is 14.4. The Bertz CT molecular complexity index is 1280. The monoisotopic (exact) mass is 432 g/mol. The molecule has 0 saturated heterocycles. The van der Waals surface area contributed by atoms with Crippen molar-refractivity contribution >= 4 is 23.3 Å². The summed E-state index contributed by atoms with van der Waals surface area (Å²) < 4.78 is 10.8. The van der Waals surface area contributed by atoms with Gasteiger partial charge in [0, 0.05) is 23.4 Å². The van der Waals surface area contributed by atoms with Crippen molar-refractivity contribution in [1.82, 2.24) is 0 Å². The topological polar surface area (TPSA) is 158 Å². The molecule has 2 aromatic carbocycles. The number of esters is 1. The van der Waals surface area contributed by atoms with E-state index in [0.29, 0.717) is 5.56 Å². The first-order valence-electron chi connectivity index (χ1n) is 9.41. The molecule has 10 nitrogen and oxygen atoms in total. The van der Waals surface area contributed by atoms with Gasteiger partial charge in [-0.15, -0.1) is 0 Å². The summed E-state index contributed by atoms with van der Waals surface area (Å²) in [5.74, 6) is -2.10. The molecule has 1 unspecified atom stereocenters. The third kappa shape index (κ3) is 2.95. The number of hydrogen-bond donors (Lipinski definition) is 2. The molecule has 0 aliphatic carbocycles. The van der Waals surface area contributed by atoms with Crippen LogP contribution in [0.15, 0.2) is 71.3 Å². The number of hydrogen-bond acceptors (Lipinski definition) is 8. The predicted octanol–water partition coefficient (Wildman–Crippen LogP) is 2.53. The molecule has 4 rings (SSSR count). The molecule has 32 heavy (non-hydrogen) atoms. The van der Waals surface area contributed by atoms with Gasteiger partial charge in [-0.25, -0.2) is 4.79 Å². The zero-order chi connectivity index (χ0) is 23.0. The van der Waals surface area contributed by atoms with E-state index in [1.807, 2.05) is 6.07 Å². The third-order valence-corrected chi connectivity index (χ3v) is 5.35. The van der Waals surface area contributed by atoms with Crippen LogP contribution < -0.4 is 11.1 Å². The van der Waals surface area contributed by atoms with Crippen molar-refractivity contribution in [2.45, 2.75) is 18.9 Å². The number of nitriles is 1. The molecule has 0 bridgehead atoms. The lowest BCUT2D eigenvalue weighted by Gasteiger charge is -2.33. The Hall–Kier alpha value is -4.65. The molecule has 0 fully saturated rings. The van der Waals surface area contributed by atoms with Gasteiger partial charge in [-0.3, -0.25) is 14.9 Å². The van der Waals surface area contributed by atoms with Crippen LogP contribution >= 0.6 is 0 Å². The maximum atomic E-state index is 13.3. The molecular weight excluding hydrogens is 416 g/mol. The fraction of sp³-hybridized carbons (Fsp3) is 0.136. The molecule has 1 amide bonds. The molecule has 1 spiro atoms. The molecular formula is C22H16N4O6. The van der Waals surface area contributed by atoms with Gasteiger partial charge < -0.3 is 20.5 Å². The smallest absolute Gasteiger partial charge is 0.339 e. The number of nitrogens with one attached hydrogen (secondary N) is 1. The number of carbonyl (C=O) groups is 2. The molecule has 1 atom stereocenters. The summed E-state index contributed by atoms with van der Waals surface area (Å²) in [7, 11) is 0. The minimum absolute atomic E-state index is 0.0468. The van der Waals surface area contributed by atoms with E-state index in [9.17, 15) is 25.0 Å². The number of nitro groups is 1. The van der Waals surface area contributed by atoms with Crippen LogP contribution in [0.25, 0.3) is 0 Å². The second kappa shape index (κ2) is 7.55. The quantitative estimate of drug-likeness (QED) is 0.424. The molecule has 2 aromatic rings. The number of rotatable bonds is 4. The van der Waals surface area contributed by atoms with Gasteiger partial charge in [0.05, 0.1) is 4.92 Å². The van der Waals surface area contributed by atoms with Crippen molar-refractivity contribution in [3.8, 4) is 6.07 Å². The van der Waals surface area contributed by atoms with Crippen molar-refractivity contribution in [2.75, 3.05) is 5.32 Å². The van der Waals surface area contributed by atoms with Gasteiger partial charge in [0.1, 0.15) is 29.6 Å². The number of allylic oxidation sites excluding steroid dienone is 1. The van der Waals surface area contributed by atoms with Crippen LogP contribution in [0.2, 0.25) is 0 Å². The van der Waals surface area contributed by atoms with Crippen LogP contribution in [0.4, 0.5) is 11.4 Å². The van der Waals surface area contributed by atoms with E-state index in [1.165, 1.54) is 19.1 Å². The van der Waals surface area contributed by atoms with E-state index < -0.39 is 22.2 Å². The van der Waals surface area contributed by atoms with E-state index in [1.54, 1.807) is 30.3 Å². The number of benzene rings is 2. The highest BCUT2D eigenvalue weighted by Gasteiger charge is 2.60. The maximum Gasteiger partial charge on any atom is 0.339 e. The number of non-ortho nitro benzene ring substituents is 1. The Morgan fingerprint density at radius 2 is 2.03 bits per heavy atom. The molecule has 160 valence electrons. The molecule has 0 aromatic heterocycles. The van der Waals surface area contributed by atoms with Gasteiger partial charge in [0.2, 0.25) is 11.8 Å². The van der Waals surface area contributed by atoms with E-state index >= 15 is 0 Å². The number of anilines is 1. The summed E-state index contributed by atoms with van der Waals surface area (Å²) in [4.78, 5) is 37.3. The lowest BCUT2D eigenvalue weighted by atomic mass is 9.68. The predicted molar refractivity (Wildman–Crippen MR) is 110 cm³/mol. The number of nitrogens with two attached hydrogens (primary N) is 1. The van der Waals surface area contributed by atoms with Crippen LogP contribution in [-0.4, -0.2) is 16.8 Å². The van der Waals surface area contributed by atoms with Gasteiger partial charge in [-0.05, 0) is 18.6 Å². The van der Waals surface area contributed by atoms with Crippen molar-refractivity contribution in [2.24, 2.45) is 5.73 Å². The standard InChI is InChI=1S/C22H16N4O6/c1-12-18(20(27)31-11-13-5-3-2-4-6-13)22(16(10-23)19(24)32-12)15-9-14(26(29)30)7-8-17(15)25-21(22)28/h2-9H,11,24H2,1H3,(H,25,28). The number of amides is 1. The molecule has 2 heterocycles. The molecule has 2 aliphatic rings. The number of fused-ring (bicyclic) bond motifs is 2. The second-order valence-corrected chi connectivity index (χ2v) is 7.14. The zero-order valence-electron chi connectivity index (χ0n) is 16.7. The summed E-state index contributed by atoms with van der Waals surface area (Å²) in [5, 5.41) is 23.8. The lowest BCUT2D eigenvalue weighted by molar-refractivity contribution is -0.384. The summed E-state index contributed by atoms with van der Waals surface area (Å²) in [6.45, 7) is 1.31. The lowest BCUT2D eigenvalue weighted by Crippen LogP contribution is -2.45. The van der Waals surface area contributed by atoms with Crippen LogP contribution in [-0.2, 0) is 31.1 Å². The van der Waals surface area contributed by atoms with Crippen LogP contribution in [0, 0.1) is 21.4 Å². The highest BCUT2D eigenvalue weighted by Crippen LogP contribution is 2.52. The number of carbonyl (C=O) groups excluding carboxylic acids is 2. The third-order valence-electron chi connectivity index (χ3n) is 5.35. The molecule has 3 N–H and O–H groups in total. The first-order valence-corrected chi connectivity index (χ1v) is 9.41. The highest BCUT2D eigenvalue weighted by molar-refractivity contribution is 6.17. The van der Waals surface area contributed by atoms with E-state index in [4.69, 9.17) is 15.2 Å². The van der Waals surface area contributed by atoms with Crippen LogP contribution in [0.1, 0.15) is 18.1 Å². The van der Waals surface area contributed by atoms with Crippen molar-refractivity contribution in [1.29, 1.82) is 5.26 Å². The Morgan fingerprint density at radius 1 is 1.31 bits per heavy atom. The first kappa shape index (κ1) is 20.6. The summed E-state index contributed by atoms with van der Waals surface area (Å²) in [6.07, 6.45) is 0. The van der Waals surface area contributed by atoms with Crippen molar-refractivity contribution in [3.05, 3.63) is 92.6 Å².